The van der Waals surface area contributed by atoms with E-state index in [4.69, 9.17) is 21.3 Å². The fraction of sp³-hybridized carbons (Fsp3) is 0.240. The molecule has 5 rings (SSSR count). The average molecular weight is 487 g/mol. The summed E-state index contributed by atoms with van der Waals surface area (Å²) < 4.78 is 8.72. The number of primary amides is 1. The zero-order valence-electron chi connectivity index (χ0n) is 19.7. The molecule has 1 aliphatic carbocycles. The molecular formula is C25H26N8O3. The zero-order valence-corrected chi connectivity index (χ0v) is 19.7. The molecule has 2 aromatic heterocycles. The Morgan fingerprint density at radius 2 is 1.78 bits per heavy atom. The van der Waals surface area contributed by atoms with Gasteiger partial charge in [0.25, 0.3) is 5.91 Å². The van der Waals surface area contributed by atoms with Gasteiger partial charge in [0.15, 0.2) is 0 Å². The summed E-state index contributed by atoms with van der Waals surface area (Å²) in [5.74, 6) is 0.945. The lowest BCUT2D eigenvalue weighted by Crippen LogP contribution is -2.38. The second-order valence-corrected chi connectivity index (χ2v) is 8.71. The molecule has 0 radical (unpaired) electrons. The number of hydrogen-bond donors (Lipinski definition) is 2. The van der Waals surface area contributed by atoms with E-state index in [1.54, 1.807) is 28.8 Å². The van der Waals surface area contributed by atoms with Crippen molar-refractivity contribution in [3.8, 4) is 22.8 Å². The van der Waals surface area contributed by atoms with Gasteiger partial charge in [0.1, 0.15) is 41.2 Å². The Labute approximate surface area is 207 Å². The Hall–Kier alpha value is -4.67. The summed E-state index contributed by atoms with van der Waals surface area (Å²) >= 11 is 0. The molecule has 36 heavy (non-hydrogen) atoms. The molecule has 2 unspecified atom stereocenters. The molecule has 1 fully saturated rings. The van der Waals surface area contributed by atoms with Gasteiger partial charge in [0, 0.05) is 18.7 Å². The first-order chi connectivity index (χ1) is 17.4. The van der Waals surface area contributed by atoms with Crippen LogP contribution in [0, 0.1) is 0 Å². The molecule has 0 aliphatic heterocycles. The van der Waals surface area contributed by atoms with Crippen molar-refractivity contribution < 1.29 is 14.3 Å². The number of rotatable bonds is 6. The van der Waals surface area contributed by atoms with E-state index in [-0.39, 0.29) is 29.5 Å². The van der Waals surface area contributed by atoms with Crippen LogP contribution >= 0.6 is 0 Å². The van der Waals surface area contributed by atoms with Crippen LogP contribution in [0.25, 0.3) is 11.3 Å². The summed E-state index contributed by atoms with van der Waals surface area (Å²) in [6.07, 6.45) is 4.82. The van der Waals surface area contributed by atoms with Crippen molar-refractivity contribution >= 4 is 17.8 Å². The van der Waals surface area contributed by atoms with Gasteiger partial charge in [-0.3, -0.25) is 4.79 Å². The summed E-state index contributed by atoms with van der Waals surface area (Å²) in [4.78, 5) is 30.5. The highest BCUT2D eigenvalue weighted by atomic mass is 16.5. The van der Waals surface area contributed by atoms with Gasteiger partial charge in [-0.05, 0) is 55.7 Å². The van der Waals surface area contributed by atoms with Gasteiger partial charge in [-0.1, -0.05) is 18.2 Å². The number of nitrogens with zero attached hydrogens (tertiary/aromatic N) is 6. The molecule has 0 bridgehead atoms. The largest absolute Gasteiger partial charge is 0.457 e. The van der Waals surface area contributed by atoms with Crippen LogP contribution in [0.1, 0.15) is 35.7 Å². The van der Waals surface area contributed by atoms with Gasteiger partial charge in [-0.2, -0.15) is 14.9 Å². The second kappa shape index (κ2) is 9.53. The van der Waals surface area contributed by atoms with Crippen molar-refractivity contribution in [2.24, 2.45) is 5.73 Å². The standard InChI is InChI=1S/C25H26N8O3/c1-31(25(35)32-15-28-14-29-32)17-9-10-18(13-17)33-23(26)21(24(27)34)22(30-33)16-7-11-20(12-8-16)36-19-5-3-2-4-6-19/h2-8,11-12,14-15,17-18H,9-10,13,26H2,1H3,(H2,27,34). The van der Waals surface area contributed by atoms with Crippen molar-refractivity contribution in [3.63, 3.8) is 0 Å². The monoisotopic (exact) mass is 486 g/mol. The number of benzene rings is 2. The van der Waals surface area contributed by atoms with E-state index < -0.39 is 5.91 Å². The maximum atomic E-state index is 12.6. The van der Waals surface area contributed by atoms with Crippen molar-refractivity contribution in [1.82, 2.24) is 29.4 Å². The van der Waals surface area contributed by atoms with Crippen LogP contribution in [0.2, 0.25) is 0 Å². The van der Waals surface area contributed by atoms with Crippen LogP contribution in [-0.2, 0) is 0 Å². The van der Waals surface area contributed by atoms with Crippen molar-refractivity contribution in [1.29, 1.82) is 0 Å². The summed E-state index contributed by atoms with van der Waals surface area (Å²) in [7, 11) is 1.74. The molecule has 11 nitrogen and oxygen atoms in total. The van der Waals surface area contributed by atoms with Crippen LogP contribution in [-0.4, -0.2) is 54.5 Å². The van der Waals surface area contributed by atoms with Crippen molar-refractivity contribution in [2.75, 3.05) is 12.8 Å². The van der Waals surface area contributed by atoms with Gasteiger partial charge in [-0.25, -0.2) is 14.5 Å². The highest BCUT2D eigenvalue weighted by molar-refractivity contribution is 6.03. The molecule has 11 heteroatoms. The molecule has 0 spiro atoms. The van der Waals surface area contributed by atoms with Crippen molar-refractivity contribution in [2.45, 2.75) is 31.3 Å². The normalized spacial score (nSPS) is 17.1. The number of amides is 2. The molecule has 4 N–H and O–H groups in total. The fourth-order valence-electron chi connectivity index (χ4n) is 4.61. The quantitative estimate of drug-likeness (QED) is 0.425. The molecule has 0 saturated heterocycles. The lowest BCUT2D eigenvalue weighted by Gasteiger charge is -2.24. The van der Waals surface area contributed by atoms with Gasteiger partial charge in [-0.15, -0.1) is 0 Å². The number of nitrogens with two attached hydrogens (primary N) is 2. The number of ether oxygens (including phenoxy) is 1. The number of carbonyl (C=O) groups excluding carboxylic acids is 2. The van der Waals surface area contributed by atoms with Crippen LogP contribution in [0.4, 0.5) is 10.6 Å². The predicted octanol–water partition coefficient (Wildman–Crippen LogP) is 3.31. The van der Waals surface area contributed by atoms with Crippen LogP contribution in [0.15, 0.2) is 67.3 Å². The first-order valence-corrected chi connectivity index (χ1v) is 11.5. The molecule has 1 aliphatic rings. The first-order valence-electron chi connectivity index (χ1n) is 11.5. The van der Waals surface area contributed by atoms with E-state index >= 15 is 0 Å². The topological polar surface area (TPSA) is 147 Å². The minimum atomic E-state index is -0.647. The Kier molecular flexibility index (Phi) is 6.11. The van der Waals surface area contributed by atoms with E-state index in [0.29, 0.717) is 23.4 Å². The Morgan fingerprint density at radius 1 is 1.06 bits per heavy atom. The SMILES string of the molecule is CN(C(=O)n1cncn1)C1CCC(n2nc(-c3ccc(Oc4ccccc4)cc3)c(C(N)=O)c2N)C1. The van der Waals surface area contributed by atoms with E-state index in [1.807, 2.05) is 42.5 Å². The highest BCUT2D eigenvalue weighted by Gasteiger charge is 2.34. The summed E-state index contributed by atoms with van der Waals surface area (Å²) in [5.41, 5.74) is 13.4. The molecular weight excluding hydrogens is 460 g/mol. The van der Waals surface area contributed by atoms with Crippen molar-refractivity contribution in [3.05, 3.63) is 72.8 Å². The number of aromatic nitrogens is 5. The number of para-hydroxylation sites is 1. The summed E-state index contributed by atoms with van der Waals surface area (Å²) in [6, 6.07) is 16.3. The Balaban J connectivity index is 1.37. The fourth-order valence-corrected chi connectivity index (χ4v) is 4.61. The van der Waals surface area contributed by atoms with E-state index in [1.165, 1.54) is 17.3 Å². The number of anilines is 1. The smallest absolute Gasteiger partial charge is 0.346 e. The lowest BCUT2D eigenvalue weighted by molar-refractivity contribution is 0.100. The van der Waals surface area contributed by atoms with Gasteiger partial charge < -0.3 is 21.1 Å². The molecule has 1 saturated carbocycles. The average Bonchev–Trinajstić information content (AvgIpc) is 3.64. The molecule has 2 amide bonds. The molecule has 2 heterocycles. The number of carbonyl (C=O) groups is 2. The molecule has 4 aromatic rings. The third-order valence-corrected chi connectivity index (χ3v) is 6.49. The van der Waals surface area contributed by atoms with E-state index in [2.05, 4.69) is 10.1 Å². The number of hydrogen-bond acceptors (Lipinski definition) is 7. The lowest BCUT2D eigenvalue weighted by atomic mass is 10.1. The van der Waals surface area contributed by atoms with Crippen LogP contribution in [0.5, 0.6) is 11.5 Å². The highest BCUT2D eigenvalue weighted by Crippen LogP contribution is 2.37. The molecule has 2 aromatic carbocycles. The minimum absolute atomic E-state index is 0.0369. The third-order valence-electron chi connectivity index (χ3n) is 6.49. The van der Waals surface area contributed by atoms with Gasteiger partial charge in [0.05, 0.1) is 6.04 Å². The maximum Gasteiger partial charge on any atom is 0.346 e. The Bertz CT molecular complexity index is 1370. The second-order valence-electron chi connectivity index (χ2n) is 8.71. The van der Waals surface area contributed by atoms with Gasteiger partial charge >= 0.3 is 6.03 Å². The molecule has 184 valence electrons. The maximum absolute atomic E-state index is 12.6. The predicted molar refractivity (Wildman–Crippen MR) is 132 cm³/mol. The molecule has 2 atom stereocenters. The summed E-state index contributed by atoms with van der Waals surface area (Å²) in [6.45, 7) is 0. The van der Waals surface area contributed by atoms with Gasteiger partial charge in [0.2, 0.25) is 0 Å². The zero-order chi connectivity index (χ0) is 25.2. The van der Waals surface area contributed by atoms with Crippen LogP contribution < -0.4 is 16.2 Å². The first kappa shape index (κ1) is 23.1. The van der Waals surface area contributed by atoms with E-state index in [0.717, 1.165) is 18.6 Å². The Morgan fingerprint density at radius 3 is 2.44 bits per heavy atom. The summed E-state index contributed by atoms with van der Waals surface area (Å²) in [5, 5.41) is 8.62. The third kappa shape index (κ3) is 4.38. The minimum Gasteiger partial charge on any atom is -0.457 e. The van der Waals surface area contributed by atoms with E-state index in [9.17, 15) is 9.59 Å². The van der Waals surface area contributed by atoms with Crippen LogP contribution in [0.3, 0.4) is 0 Å². The number of nitrogen functional groups attached to an aromatic ring is 1.